The van der Waals surface area contributed by atoms with Gasteiger partial charge in [-0.2, -0.15) is 0 Å². The molecule has 186 valence electrons. The van der Waals surface area contributed by atoms with E-state index in [-0.39, 0.29) is 37.2 Å². The highest BCUT2D eigenvalue weighted by Gasteiger charge is 2.26. The maximum Gasteiger partial charge on any atom is 0.242 e. The van der Waals surface area contributed by atoms with Crippen molar-refractivity contribution in [3.63, 3.8) is 0 Å². The molecule has 34 heavy (non-hydrogen) atoms. The van der Waals surface area contributed by atoms with Crippen LogP contribution in [0.15, 0.2) is 54.6 Å². The van der Waals surface area contributed by atoms with Crippen LogP contribution in [0.4, 0.5) is 10.1 Å². The average molecular weight is 492 g/mol. The molecule has 1 N–H and O–H groups in total. The van der Waals surface area contributed by atoms with Gasteiger partial charge in [0, 0.05) is 25.6 Å². The topological polar surface area (TPSA) is 86.8 Å². The number of nitrogens with zero attached hydrogens (tertiary/aromatic N) is 2. The number of carbonyl (C=O) groups is 2. The summed E-state index contributed by atoms with van der Waals surface area (Å²) in [6, 6.07) is 14.1. The van der Waals surface area contributed by atoms with Crippen LogP contribution in [0, 0.1) is 5.82 Å². The Bertz CT molecular complexity index is 1040. The number of benzene rings is 2. The fraction of sp³-hybridized carbons (Fsp3) is 0.440. The van der Waals surface area contributed by atoms with E-state index in [1.807, 2.05) is 44.2 Å². The van der Waals surface area contributed by atoms with Gasteiger partial charge in [-0.3, -0.25) is 13.9 Å². The van der Waals surface area contributed by atoms with Crippen LogP contribution in [0.3, 0.4) is 0 Å². The van der Waals surface area contributed by atoms with Crippen LogP contribution in [-0.2, 0) is 26.0 Å². The third kappa shape index (κ3) is 8.44. The first kappa shape index (κ1) is 27.3. The van der Waals surface area contributed by atoms with Gasteiger partial charge in [0.15, 0.2) is 0 Å². The molecule has 0 bridgehead atoms. The van der Waals surface area contributed by atoms with Gasteiger partial charge < -0.3 is 10.2 Å². The van der Waals surface area contributed by atoms with Gasteiger partial charge in [-0.05, 0) is 63.4 Å². The van der Waals surface area contributed by atoms with Gasteiger partial charge in [0.1, 0.15) is 11.9 Å². The highest BCUT2D eigenvalue weighted by atomic mass is 32.2. The number of hydrogen-bond donors (Lipinski definition) is 1. The van der Waals surface area contributed by atoms with Crippen molar-refractivity contribution in [2.24, 2.45) is 0 Å². The van der Waals surface area contributed by atoms with Crippen molar-refractivity contribution < 1.29 is 22.4 Å². The summed E-state index contributed by atoms with van der Waals surface area (Å²) in [5.41, 5.74) is 1.39. The van der Waals surface area contributed by atoms with Crippen LogP contribution >= 0.6 is 0 Å². The zero-order valence-corrected chi connectivity index (χ0v) is 21.0. The van der Waals surface area contributed by atoms with Crippen molar-refractivity contribution >= 4 is 27.5 Å². The molecule has 0 aromatic heterocycles. The molecule has 2 amide bonds. The molecule has 0 aliphatic carbocycles. The highest BCUT2D eigenvalue weighted by molar-refractivity contribution is 7.92. The summed E-state index contributed by atoms with van der Waals surface area (Å²) in [4.78, 5) is 27.3. The van der Waals surface area contributed by atoms with Crippen LogP contribution in [0.5, 0.6) is 0 Å². The fourth-order valence-corrected chi connectivity index (χ4v) is 4.55. The summed E-state index contributed by atoms with van der Waals surface area (Å²) >= 11 is 0. The largest absolute Gasteiger partial charge is 0.352 e. The molecule has 0 saturated heterocycles. The monoisotopic (exact) mass is 491 g/mol. The van der Waals surface area contributed by atoms with Gasteiger partial charge in [0.05, 0.1) is 11.9 Å². The first-order valence-corrected chi connectivity index (χ1v) is 13.2. The molecule has 0 spiro atoms. The smallest absolute Gasteiger partial charge is 0.242 e. The third-order valence-corrected chi connectivity index (χ3v) is 6.54. The van der Waals surface area contributed by atoms with Crippen LogP contribution in [0.1, 0.15) is 39.2 Å². The second kappa shape index (κ2) is 12.5. The van der Waals surface area contributed by atoms with E-state index < -0.39 is 21.9 Å². The molecule has 1 unspecified atom stereocenters. The Kier molecular flexibility index (Phi) is 10.0. The van der Waals surface area contributed by atoms with Gasteiger partial charge in [0.2, 0.25) is 21.8 Å². The summed E-state index contributed by atoms with van der Waals surface area (Å²) in [6.07, 6.45) is 1.99. The molecule has 1 atom stereocenters. The molecule has 0 aliphatic rings. The van der Waals surface area contributed by atoms with Crippen molar-refractivity contribution in [1.82, 2.24) is 10.2 Å². The predicted octanol–water partition coefficient (Wildman–Crippen LogP) is 3.36. The van der Waals surface area contributed by atoms with Gasteiger partial charge in [-0.25, -0.2) is 12.8 Å². The predicted molar refractivity (Wildman–Crippen MR) is 132 cm³/mol. The van der Waals surface area contributed by atoms with Gasteiger partial charge >= 0.3 is 0 Å². The molecule has 0 radical (unpaired) electrons. The van der Waals surface area contributed by atoms with E-state index >= 15 is 0 Å². The molecule has 9 heteroatoms. The number of sulfonamides is 1. The Hall–Kier alpha value is -2.94. The highest BCUT2D eigenvalue weighted by Crippen LogP contribution is 2.19. The van der Waals surface area contributed by atoms with Crippen LogP contribution in [0.25, 0.3) is 0 Å². The zero-order chi connectivity index (χ0) is 25.3. The number of halogens is 1. The third-order valence-electron chi connectivity index (χ3n) is 5.35. The summed E-state index contributed by atoms with van der Waals surface area (Å²) in [5, 5.41) is 2.85. The first-order valence-electron chi connectivity index (χ1n) is 11.4. The van der Waals surface area contributed by atoms with E-state index in [9.17, 15) is 22.4 Å². The van der Waals surface area contributed by atoms with E-state index in [4.69, 9.17) is 0 Å². The lowest BCUT2D eigenvalue weighted by molar-refractivity contribution is -0.140. The van der Waals surface area contributed by atoms with Crippen molar-refractivity contribution in [3.05, 3.63) is 66.0 Å². The fourth-order valence-electron chi connectivity index (χ4n) is 3.59. The molecular weight excluding hydrogens is 457 g/mol. The minimum absolute atomic E-state index is 0.0555. The van der Waals surface area contributed by atoms with Gasteiger partial charge in [-0.1, -0.05) is 30.3 Å². The molecule has 2 rings (SSSR count). The summed E-state index contributed by atoms with van der Waals surface area (Å²) < 4.78 is 39.0. The van der Waals surface area contributed by atoms with Crippen LogP contribution < -0.4 is 9.62 Å². The van der Waals surface area contributed by atoms with E-state index in [0.717, 1.165) is 16.1 Å². The maximum absolute atomic E-state index is 13.3. The first-order chi connectivity index (χ1) is 16.0. The van der Waals surface area contributed by atoms with E-state index in [1.165, 1.54) is 24.3 Å². The molecule has 0 heterocycles. The average Bonchev–Trinajstić information content (AvgIpc) is 2.77. The molecule has 0 fully saturated rings. The minimum atomic E-state index is -3.62. The standard InChI is InChI=1S/C25H34FN3O4S/c1-19(2)27-25(31)20(3)28(18-16-21-9-6-5-7-10-21)24(30)11-8-17-29(34(4,32)33)23-14-12-22(26)13-15-23/h5-7,9-10,12-15,19-20H,8,11,16-18H2,1-4H3,(H,27,31). The lowest BCUT2D eigenvalue weighted by atomic mass is 10.1. The molecular formula is C25H34FN3O4S. The quantitative estimate of drug-likeness (QED) is 0.493. The number of rotatable bonds is 12. The summed E-state index contributed by atoms with van der Waals surface area (Å²) in [6.45, 7) is 5.84. The van der Waals surface area contributed by atoms with Crippen molar-refractivity contribution in [3.8, 4) is 0 Å². The Balaban J connectivity index is 2.09. The van der Waals surface area contributed by atoms with Crippen molar-refractivity contribution in [2.75, 3.05) is 23.7 Å². The number of carbonyl (C=O) groups excluding carboxylic acids is 2. The Labute approximate surface area is 202 Å². The minimum Gasteiger partial charge on any atom is -0.352 e. The van der Waals surface area contributed by atoms with Gasteiger partial charge in [0.25, 0.3) is 0 Å². The van der Waals surface area contributed by atoms with E-state index in [0.29, 0.717) is 18.7 Å². The Morgan fingerprint density at radius 2 is 1.59 bits per heavy atom. The lowest BCUT2D eigenvalue weighted by Gasteiger charge is -2.30. The Morgan fingerprint density at radius 3 is 2.15 bits per heavy atom. The molecule has 2 aromatic carbocycles. The lowest BCUT2D eigenvalue weighted by Crippen LogP contribution is -2.50. The second-order valence-corrected chi connectivity index (χ2v) is 10.5. The number of anilines is 1. The molecule has 7 nitrogen and oxygen atoms in total. The maximum atomic E-state index is 13.3. The normalized spacial score (nSPS) is 12.3. The second-order valence-electron chi connectivity index (χ2n) is 8.58. The number of amides is 2. The zero-order valence-electron chi connectivity index (χ0n) is 20.2. The Morgan fingerprint density at radius 1 is 0.971 bits per heavy atom. The van der Waals surface area contributed by atoms with E-state index in [1.54, 1.807) is 11.8 Å². The molecule has 0 saturated carbocycles. The van der Waals surface area contributed by atoms with Crippen molar-refractivity contribution in [1.29, 1.82) is 0 Å². The number of hydrogen-bond acceptors (Lipinski definition) is 4. The number of nitrogens with one attached hydrogen (secondary N) is 1. The van der Waals surface area contributed by atoms with Crippen LogP contribution in [-0.4, -0.2) is 56.6 Å². The van der Waals surface area contributed by atoms with Gasteiger partial charge in [-0.15, -0.1) is 0 Å². The SMILES string of the molecule is CC(C)NC(=O)C(C)N(CCc1ccccc1)C(=O)CCCN(c1ccc(F)cc1)S(C)(=O)=O. The van der Waals surface area contributed by atoms with Crippen molar-refractivity contribution in [2.45, 2.75) is 52.1 Å². The molecule has 2 aromatic rings. The summed E-state index contributed by atoms with van der Waals surface area (Å²) in [5.74, 6) is -0.925. The molecule has 0 aliphatic heterocycles. The summed E-state index contributed by atoms with van der Waals surface area (Å²) in [7, 11) is -3.62. The van der Waals surface area contributed by atoms with E-state index in [2.05, 4.69) is 5.32 Å². The van der Waals surface area contributed by atoms with Crippen LogP contribution in [0.2, 0.25) is 0 Å².